The van der Waals surface area contributed by atoms with Gasteiger partial charge in [-0.05, 0) is 25.3 Å². The number of guanidine groups is 1. The third-order valence-electron chi connectivity index (χ3n) is 4.19. The van der Waals surface area contributed by atoms with Crippen LogP contribution in [0, 0.1) is 6.92 Å². The van der Waals surface area contributed by atoms with E-state index in [4.69, 9.17) is 0 Å². The Balaban J connectivity index is 1.67. The average molecular weight is 335 g/mol. The first-order valence-electron chi connectivity index (χ1n) is 8.50. The van der Waals surface area contributed by atoms with Crippen LogP contribution in [0.2, 0.25) is 0 Å². The van der Waals surface area contributed by atoms with Crippen molar-refractivity contribution in [3.63, 3.8) is 0 Å². The smallest absolute Gasteiger partial charge is 0.233 e. The minimum atomic E-state index is 0.0766. The molecule has 1 aliphatic heterocycles. The van der Waals surface area contributed by atoms with Crippen molar-refractivity contribution in [3.8, 4) is 0 Å². The van der Waals surface area contributed by atoms with Crippen molar-refractivity contribution >= 4 is 11.9 Å². The molecule has 2 heterocycles. The summed E-state index contributed by atoms with van der Waals surface area (Å²) in [6.45, 7) is 5.95. The molecule has 3 N–H and O–H groups in total. The number of nitrogens with one attached hydrogen (secondary N) is 3. The first-order chi connectivity index (χ1) is 11.6. The SMILES string of the molecule is CN=C(NCCn1cc(C)cn1)NC1CCN(CC(=O)NC)CC1. The largest absolute Gasteiger partial charge is 0.358 e. The molecule has 0 spiro atoms. The van der Waals surface area contributed by atoms with Crippen LogP contribution in [-0.2, 0) is 11.3 Å². The van der Waals surface area contributed by atoms with E-state index < -0.39 is 0 Å². The molecule has 0 unspecified atom stereocenters. The first-order valence-corrected chi connectivity index (χ1v) is 8.50. The highest BCUT2D eigenvalue weighted by molar-refractivity contribution is 5.80. The Morgan fingerprint density at radius 1 is 1.42 bits per heavy atom. The molecule has 24 heavy (non-hydrogen) atoms. The van der Waals surface area contributed by atoms with Crippen LogP contribution in [0.5, 0.6) is 0 Å². The van der Waals surface area contributed by atoms with Crippen molar-refractivity contribution in [3.05, 3.63) is 18.0 Å². The summed E-state index contributed by atoms with van der Waals surface area (Å²) in [4.78, 5) is 17.9. The Labute approximate surface area is 143 Å². The molecule has 0 bridgehead atoms. The molecule has 1 aromatic rings. The lowest BCUT2D eigenvalue weighted by Crippen LogP contribution is -2.50. The molecule has 8 nitrogen and oxygen atoms in total. The molecule has 0 saturated carbocycles. The number of aliphatic imine (C=N–C) groups is 1. The number of nitrogens with zero attached hydrogens (tertiary/aromatic N) is 4. The fraction of sp³-hybridized carbons (Fsp3) is 0.688. The quantitative estimate of drug-likeness (QED) is 0.485. The van der Waals surface area contributed by atoms with Crippen LogP contribution in [0.1, 0.15) is 18.4 Å². The van der Waals surface area contributed by atoms with E-state index in [0.29, 0.717) is 12.6 Å². The second-order valence-corrected chi connectivity index (χ2v) is 6.15. The average Bonchev–Trinajstić information content (AvgIpc) is 3.00. The van der Waals surface area contributed by atoms with Gasteiger partial charge >= 0.3 is 0 Å². The highest BCUT2D eigenvalue weighted by Gasteiger charge is 2.21. The summed E-state index contributed by atoms with van der Waals surface area (Å²) in [5.74, 6) is 0.899. The molecule has 0 aromatic carbocycles. The van der Waals surface area contributed by atoms with Crippen LogP contribution in [0.25, 0.3) is 0 Å². The third-order valence-corrected chi connectivity index (χ3v) is 4.19. The van der Waals surface area contributed by atoms with Gasteiger partial charge in [-0.2, -0.15) is 5.10 Å². The molecule has 1 aromatic heterocycles. The van der Waals surface area contributed by atoms with Crippen LogP contribution < -0.4 is 16.0 Å². The molecule has 0 radical (unpaired) electrons. The first kappa shape index (κ1) is 18.3. The summed E-state index contributed by atoms with van der Waals surface area (Å²) in [5.41, 5.74) is 1.17. The number of amides is 1. The highest BCUT2D eigenvalue weighted by Crippen LogP contribution is 2.09. The van der Waals surface area contributed by atoms with Crippen molar-refractivity contribution in [2.24, 2.45) is 4.99 Å². The number of likely N-dealkylation sites (tertiary alicyclic amines) is 1. The summed E-state index contributed by atoms with van der Waals surface area (Å²) in [7, 11) is 3.46. The van der Waals surface area contributed by atoms with Gasteiger partial charge in [0.2, 0.25) is 5.91 Å². The Bertz CT molecular complexity index is 546. The van der Waals surface area contributed by atoms with E-state index >= 15 is 0 Å². The second kappa shape index (κ2) is 9.27. The van der Waals surface area contributed by atoms with Gasteiger partial charge in [0.15, 0.2) is 5.96 Å². The Morgan fingerprint density at radius 3 is 2.75 bits per heavy atom. The number of carbonyl (C=O) groups is 1. The fourth-order valence-electron chi connectivity index (χ4n) is 2.78. The van der Waals surface area contributed by atoms with Crippen molar-refractivity contribution in [2.45, 2.75) is 32.4 Å². The minimum Gasteiger partial charge on any atom is -0.358 e. The molecular formula is C16H29N7O. The summed E-state index contributed by atoms with van der Waals surface area (Å²) >= 11 is 0. The van der Waals surface area contributed by atoms with Crippen molar-refractivity contribution in [2.75, 3.05) is 40.3 Å². The van der Waals surface area contributed by atoms with Gasteiger partial charge in [-0.25, -0.2) is 0 Å². The number of hydrogen-bond acceptors (Lipinski definition) is 4. The topological polar surface area (TPSA) is 86.6 Å². The van der Waals surface area contributed by atoms with E-state index in [1.807, 2.05) is 24.0 Å². The maximum absolute atomic E-state index is 11.4. The van der Waals surface area contributed by atoms with Crippen molar-refractivity contribution < 1.29 is 4.79 Å². The van der Waals surface area contributed by atoms with E-state index in [9.17, 15) is 4.79 Å². The van der Waals surface area contributed by atoms with Crippen LogP contribution >= 0.6 is 0 Å². The molecule has 1 aliphatic rings. The zero-order valence-electron chi connectivity index (χ0n) is 14.9. The van der Waals surface area contributed by atoms with Gasteiger partial charge in [0.25, 0.3) is 0 Å². The second-order valence-electron chi connectivity index (χ2n) is 6.15. The summed E-state index contributed by atoms with van der Waals surface area (Å²) in [6.07, 6.45) is 5.91. The lowest BCUT2D eigenvalue weighted by atomic mass is 10.1. The highest BCUT2D eigenvalue weighted by atomic mass is 16.1. The van der Waals surface area contributed by atoms with E-state index in [0.717, 1.165) is 45.0 Å². The van der Waals surface area contributed by atoms with Crippen molar-refractivity contribution in [1.82, 2.24) is 30.6 Å². The number of aryl methyl sites for hydroxylation is 1. The number of rotatable bonds is 6. The molecule has 0 atom stereocenters. The molecule has 1 fully saturated rings. The van der Waals surface area contributed by atoms with E-state index in [1.54, 1.807) is 14.1 Å². The molecule has 1 saturated heterocycles. The Kier molecular flexibility index (Phi) is 7.05. The predicted molar refractivity (Wildman–Crippen MR) is 95.0 cm³/mol. The van der Waals surface area contributed by atoms with E-state index in [1.165, 1.54) is 5.56 Å². The molecule has 2 rings (SSSR count). The fourth-order valence-corrected chi connectivity index (χ4v) is 2.78. The van der Waals surface area contributed by atoms with Gasteiger partial charge in [0.05, 0.1) is 19.3 Å². The molecule has 0 aliphatic carbocycles. The monoisotopic (exact) mass is 335 g/mol. The summed E-state index contributed by atoms with van der Waals surface area (Å²) < 4.78 is 1.92. The van der Waals surface area contributed by atoms with Crippen LogP contribution in [0.4, 0.5) is 0 Å². The number of piperidine rings is 1. The van der Waals surface area contributed by atoms with E-state index in [-0.39, 0.29) is 5.91 Å². The lowest BCUT2D eigenvalue weighted by molar-refractivity contribution is -0.122. The zero-order valence-corrected chi connectivity index (χ0v) is 14.9. The van der Waals surface area contributed by atoms with Crippen LogP contribution in [0.3, 0.4) is 0 Å². The maximum Gasteiger partial charge on any atom is 0.233 e. The Hall–Kier alpha value is -2.09. The molecule has 1 amide bonds. The number of hydrogen-bond donors (Lipinski definition) is 3. The van der Waals surface area contributed by atoms with Gasteiger partial charge in [0.1, 0.15) is 0 Å². The number of carbonyl (C=O) groups excluding carboxylic acids is 1. The molecule has 134 valence electrons. The zero-order chi connectivity index (χ0) is 17.4. The summed E-state index contributed by atoms with van der Waals surface area (Å²) in [6, 6.07) is 0.393. The van der Waals surface area contributed by atoms with E-state index in [2.05, 4.69) is 30.9 Å². The number of likely N-dealkylation sites (N-methyl/N-ethyl adjacent to an activating group) is 1. The normalized spacial score (nSPS) is 16.9. The third kappa shape index (κ3) is 5.84. The minimum absolute atomic E-state index is 0.0766. The summed E-state index contributed by atoms with van der Waals surface area (Å²) in [5, 5.41) is 13.7. The van der Waals surface area contributed by atoms with Crippen LogP contribution in [0.15, 0.2) is 17.4 Å². The molecule has 8 heteroatoms. The Morgan fingerprint density at radius 2 is 2.17 bits per heavy atom. The van der Waals surface area contributed by atoms with Gasteiger partial charge in [-0.1, -0.05) is 0 Å². The van der Waals surface area contributed by atoms with Gasteiger partial charge in [-0.15, -0.1) is 0 Å². The van der Waals surface area contributed by atoms with Gasteiger partial charge < -0.3 is 16.0 Å². The maximum atomic E-state index is 11.4. The van der Waals surface area contributed by atoms with Gasteiger partial charge in [0, 0.05) is 46.0 Å². The van der Waals surface area contributed by atoms with Gasteiger partial charge in [-0.3, -0.25) is 19.4 Å². The standard InChI is InChI=1S/C16H29N7O/c1-13-10-20-23(11-13)9-6-19-16(18-3)21-14-4-7-22(8-5-14)12-15(24)17-2/h10-11,14H,4-9,12H2,1-3H3,(H,17,24)(H2,18,19,21). The predicted octanol–water partition coefficient (Wildman–Crippen LogP) is -0.433. The molecular weight excluding hydrogens is 306 g/mol. The lowest BCUT2D eigenvalue weighted by Gasteiger charge is -2.32. The number of aromatic nitrogens is 2. The van der Waals surface area contributed by atoms with Crippen LogP contribution in [-0.4, -0.2) is 72.9 Å². The van der Waals surface area contributed by atoms with Crippen molar-refractivity contribution in [1.29, 1.82) is 0 Å².